The summed E-state index contributed by atoms with van der Waals surface area (Å²) >= 11 is 0. The fourth-order valence-corrected chi connectivity index (χ4v) is 3.23. The van der Waals surface area contributed by atoms with Gasteiger partial charge in [0.15, 0.2) is 11.5 Å². The molecule has 2 heteroatoms. The van der Waals surface area contributed by atoms with Crippen LogP contribution in [0.3, 0.4) is 0 Å². The minimum atomic E-state index is 0.765. The van der Waals surface area contributed by atoms with Gasteiger partial charge in [0.1, 0.15) is 0 Å². The largest absolute Gasteiger partial charge is 0.493 e. The molecular weight excluding hydrogens is 320 g/mol. The van der Waals surface area contributed by atoms with E-state index in [0.717, 1.165) is 45.7 Å². The van der Waals surface area contributed by atoms with E-state index in [0.29, 0.717) is 0 Å². The normalized spacial score (nSPS) is 10.7. The predicted molar refractivity (Wildman–Crippen MR) is 108 cm³/mol. The second-order valence-electron chi connectivity index (χ2n) is 6.51. The molecule has 0 heterocycles. The first-order valence-corrected chi connectivity index (χ1v) is 8.93. The maximum absolute atomic E-state index is 5.84. The summed E-state index contributed by atoms with van der Waals surface area (Å²) < 4.78 is 11.5. The van der Waals surface area contributed by atoms with E-state index in [4.69, 9.17) is 9.47 Å². The molecule has 0 aliphatic carbocycles. The summed E-state index contributed by atoms with van der Waals surface area (Å²) in [4.78, 5) is 0. The van der Waals surface area contributed by atoms with E-state index in [1.165, 1.54) is 11.1 Å². The molecule has 1 radical (unpaired) electrons. The zero-order valence-electron chi connectivity index (χ0n) is 16.1. The molecule has 0 fully saturated rings. The van der Waals surface area contributed by atoms with Crippen molar-refractivity contribution >= 4 is 0 Å². The van der Waals surface area contributed by atoms with Crippen molar-refractivity contribution in [3.05, 3.63) is 71.3 Å². The van der Waals surface area contributed by atoms with Crippen LogP contribution in [-0.2, 0) is 6.42 Å². The van der Waals surface area contributed by atoms with Crippen LogP contribution in [0.4, 0.5) is 0 Å². The van der Waals surface area contributed by atoms with Gasteiger partial charge in [-0.25, -0.2) is 0 Å². The highest BCUT2D eigenvalue weighted by Gasteiger charge is 2.21. The van der Waals surface area contributed by atoms with Gasteiger partial charge in [0.2, 0.25) is 0 Å². The predicted octanol–water partition coefficient (Wildman–Crippen LogP) is 6.02. The maximum Gasteiger partial charge on any atom is 0.169 e. The molecule has 3 aromatic carbocycles. The van der Waals surface area contributed by atoms with Crippen LogP contribution in [0, 0.1) is 19.9 Å². The summed E-state index contributed by atoms with van der Waals surface area (Å²) in [6.45, 7) is 6.30. The van der Waals surface area contributed by atoms with E-state index in [2.05, 4.69) is 75.4 Å². The molecule has 2 nitrogen and oxygen atoms in total. The van der Waals surface area contributed by atoms with E-state index < -0.39 is 0 Å². The second kappa shape index (κ2) is 7.65. The standard InChI is InChI=1S/C24H25O2/c1-6-18-15-21(19-11-7-16(2)8-12-19)22(24(26-5)23(18)25-4)20-13-9-17(3)10-14-20/h7-14H,6H2,1-5H3. The lowest BCUT2D eigenvalue weighted by molar-refractivity contribution is 0.353. The molecule has 0 saturated carbocycles. The lowest BCUT2D eigenvalue weighted by Crippen LogP contribution is -2.00. The lowest BCUT2D eigenvalue weighted by Gasteiger charge is -2.20. The van der Waals surface area contributed by atoms with Gasteiger partial charge in [-0.05, 0) is 37.5 Å². The molecule has 0 aliphatic rings. The van der Waals surface area contributed by atoms with Crippen LogP contribution in [0.2, 0.25) is 0 Å². The number of hydrogen-bond donors (Lipinski definition) is 0. The average Bonchev–Trinajstić information content (AvgIpc) is 2.67. The molecule has 0 bridgehead atoms. The summed E-state index contributed by atoms with van der Waals surface area (Å²) in [7, 11) is 3.39. The quantitative estimate of drug-likeness (QED) is 0.563. The highest BCUT2D eigenvalue weighted by atomic mass is 16.5. The third-order valence-electron chi connectivity index (χ3n) is 4.68. The van der Waals surface area contributed by atoms with Crippen LogP contribution in [0.15, 0.2) is 48.5 Å². The number of rotatable bonds is 5. The van der Waals surface area contributed by atoms with Crippen LogP contribution in [-0.4, -0.2) is 14.2 Å². The van der Waals surface area contributed by atoms with Crippen molar-refractivity contribution < 1.29 is 9.47 Å². The van der Waals surface area contributed by atoms with Crippen LogP contribution < -0.4 is 9.47 Å². The molecule has 0 unspecified atom stereocenters. The van der Waals surface area contributed by atoms with E-state index >= 15 is 0 Å². The first-order valence-electron chi connectivity index (χ1n) is 8.93. The van der Waals surface area contributed by atoms with Gasteiger partial charge in [-0.15, -0.1) is 0 Å². The Balaban J connectivity index is 2.36. The van der Waals surface area contributed by atoms with Gasteiger partial charge in [0.25, 0.3) is 0 Å². The monoisotopic (exact) mass is 345 g/mol. The molecule has 26 heavy (non-hydrogen) atoms. The molecule has 133 valence electrons. The zero-order chi connectivity index (χ0) is 18.7. The third-order valence-corrected chi connectivity index (χ3v) is 4.68. The molecule has 0 aliphatic heterocycles. The van der Waals surface area contributed by atoms with Gasteiger partial charge < -0.3 is 9.47 Å². The number of hydrogen-bond acceptors (Lipinski definition) is 2. The average molecular weight is 345 g/mol. The molecule has 0 atom stereocenters. The molecule has 3 rings (SSSR count). The minimum Gasteiger partial charge on any atom is -0.493 e. The smallest absolute Gasteiger partial charge is 0.169 e. The summed E-state index contributed by atoms with van der Waals surface area (Å²) in [5.41, 5.74) is 7.78. The van der Waals surface area contributed by atoms with Crippen LogP contribution in [0.1, 0.15) is 23.6 Å². The molecule has 0 spiro atoms. The van der Waals surface area contributed by atoms with Crippen LogP contribution >= 0.6 is 0 Å². The molecule has 0 amide bonds. The molecule has 3 aromatic rings. The van der Waals surface area contributed by atoms with Crippen LogP contribution in [0.5, 0.6) is 11.5 Å². The Labute approximate surface area is 156 Å². The van der Waals surface area contributed by atoms with Crippen LogP contribution in [0.25, 0.3) is 22.3 Å². The van der Waals surface area contributed by atoms with Crippen molar-refractivity contribution in [2.24, 2.45) is 0 Å². The van der Waals surface area contributed by atoms with Gasteiger partial charge in [0, 0.05) is 16.7 Å². The highest BCUT2D eigenvalue weighted by molar-refractivity contribution is 5.90. The number of methoxy groups -OCH3 is 2. The Bertz CT molecular complexity index is 891. The van der Waals surface area contributed by atoms with Crippen molar-refractivity contribution in [2.75, 3.05) is 14.2 Å². The fraction of sp³-hybridized carbons (Fsp3) is 0.250. The van der Waals surface area contributed by atoms with Crippen molar-refractivity contribution in [1.82, 2.24) is 0 Å². The second-order valence-corrected chi connectivity index (χ2v) is 6.51. The van der Waals surface area contributed by atoms with Gasteiger partial charge in [-0.3, -0.25) is 0 Å². The Hall–Kier alpha value is -2.74. The maximum atomic E-state index is 5.84. The topological polar surface area (TPSA) is 18.5 Å². The van der Waals surface area contributed by atoms with Crippen molar-refractivity contribution in [2.45, 2.75) is 27.2 Å². The van der Waals surface area contributed by atoms with Gasteiger partial charge in [-0.1, -0.05) is 66.6 Å². The molecule has 0 saturated heterocycles. The lowest BCUT2D eigenvalue weighted by atomic mass is 9.90. The summed E-state index contributed by atoms with van der Waals surface area (Å²) in [5.74, 6) is 1.53. The first-order chi connectivity index (χ1) is 12.6. The fourth-order valence-electron chi connectivity index (χ4n) is 3.23. The number of ether oxygens (including phenoxy) is 2. The zero-order valence-corrected chi connectivity index (χ0v) is 16.1. The summed E-state index contributed by atoms with van der Waals surface area (Å²) in [6.07, 6.45) is 0.826. The third kappa shape index (κ3) is 3.32. The summed E-state index contributed by atoms with van der Waals surface area (Å²) in [5, 5.41) is 0. The van der Waals surface area contributed by atoms with Crippen molar-refractivity contribution in [3.8, 4) is 33.8 Å². The summed E-state index contributed by atoms with van der Waals surface area (Å²) in [6, 6.07) is 20.6. The highest BCUT2D eigenvalue weighted by Crippen LogP contribution is 2.46. The Kier molecular flexibility index (Phi) is 5.32. The Morgan fingerprint density at radius 2 is 1.23 bits per heavy atom. The Morgan fingerprint density at radius 3 is 1.69 bits per heavy atom. The minimum absolute atomic E-state index is 0.765. The molecule has 0 aromatic heterocycles. The van der Waals surface area contributed by atoms with E-state index in [1.807, 2.05) is 0 Å². The first kappa shape index (κ1) is 18.1. The van der Waals surface area contributed by atoms with Crippen molar-refractivity contribution in [3.63, 3.8) is 0 Å². The van der Waals surface area contributed by atoms with Gasteiger partial charge in [-0.2, -0.15) is 0 Å². The van der Waals surface area contributed by atoms with E-state index in [9.17, 15) is 0 Å². The Morgan fingerprint density at radius 1 is 0.731 bits per heavy atom. The number of aryl methyl sites for hydroxylation is 3. The van der Waals surface area contributed by atoms with Gasteiger partial charge >= 0.3 is 0 Å². The van der Waals surface area contributed by atoms with E-state index in [1.54, 1.807) is 14.2 Å². The van der Waals surface area contributed by atoms with Crippen molar-refractivity contribution in [1.29, 1.82) is 0 Å². The molecule has 0 N–H and O–H groups in total. The SMILES string of the molecule is CCc1[c]c(-c2ccc(C)cc2)c(-c2ccc(C)cc2)c(OC)c1OC. The number of benzene rings is 3. The van der Waals surface area contributed by atoms with E-state index in [-0.39, 0.29) is 0 Å². The van der Waals surface area contributed by atoms with Gasteiger partial charge in [0.05, 0.1) is 14.2 Å². The molecular formula is C24H25O2.